The molecule has 1 aromatic rings. The van der Waals surface area contributed by atoms with Crippen LogP contribution in [0.1, 0.15) is 53.5 Å². The standard InChI is InChI=1S/C21H33NO4/c1-8-15(2)17(22(7)14-16-12-10-9-11-13-16)18(23)21(6,25)19(24)26-20(3,4)5/h9-13,15,17,25H,8,14H2,1-7H3/t15-,17-,21-/m0/s1. The number of ether oxygens (including phenoxy) is 1. The van der Waals surface area contributed by atoms with Gasteiger partial charge in [-0.05, 0) is 46.2 Å². The fourth-order valence-corrected chi connectivity index (χ4v) is 2.85. The third kappa shape index (κ3) is 5.92. The van der Waals surface area contributed by atoms with E-state index in [4.69, 9.17) is 4.74 Å². The molecule has 0 saturated heterocycles. The van der Waals surface area contributed by atoms with Crippen molar-refractivity contribution in [3.63, 3.8) is 0 Å². The quantitative estimate of drug-likeness (QED) is 0.567. The molecule has 3 atom stereocenters. The van der Waals surface area contributed by atoms with Crippen LogP contribution in [0, 0.1) is 5.92 Å². The van der Waals surface area contributed by atoms with Crippen LogP contribution in [0.25, 0.3) is 0 Å². The lowest BCUT2D eigenvalue weighted by molar-refractivity contribution is -0.180. The summed E-state index contributed by atoms with van der Waals surface area (Å²) in [4.78, 5) is 27.4. The zero-order valence-corrected chi connectivity index (χ0v) is 17.1. The Balaban J connectivity index is 3.07. The molecular formula is C21H33NO4. The van der Waals surface area contributed by atoms with Gasteiger partial charge in [0.05, 0.1) is 6.04 Å². The molecule has 0 fully saturated rings. The van der Waals surface area contributed by atoms with Crippen LogP contribution < -0.4 is 0 Å². The molecule has 5 heteroatoms. The highest BCUT2D eigenvalue weighted by molar-refractivity contribution is 6.09. The second-order valence-corrected chi connectivity index (χ2v) is 8.17. The lowest BCUT2D eigenvalue weighted by Crippen LogP contribution is -2.57. The van der Waals surface area contributed by atoms with E-state index in [0.29, 0.717) is 6.54 Å². The highest BCUT2D eigenvalue weighted by atomic mass is 16.6. The molecule has 146 valence electrons. The van der Waals surface area contributed by atoms with Crippen LogP contribution in [0.4, 0.5) is 0 Å². The minimum Gasteiger partial charge on any atom is -0.457 e. The van der Waals surface area contributed by atoms with E-state index < -0.39 is 29.0 Å². The average molecular weight is 363 g/mol. The largest absolute Gasteiger partial charge is 0.457 e. The maximum atomic E-state index is 13.1. The van der Waals surface area contributed by atoms with Gasteiger partial charge in [-0.1, -0.05) is 50.6 Å². The number of benzene rings is 1. The number of Topliss-reactive ketones (excluding diaryl/α,β-unsaturated/α-hetero) is 1. The van der Waals surface area contributed by atoms with Gasteiger partial charge < -0.3 is 9.84 Å². The van der Waals surface area contributed by atoms with E-state index in [9.17, 15) is 14.7 Å². The first-order chi connectivity index (χ1) is 11.9. The van der Waals surface area contributed by atoms with Crippen LogP contribution >= 0.6 is 0 Å². The van der Waals surface area contributed by atoms with Crippen molar-refractivity contribution in [2.24, 2.45) is 5.92 Å². The molecule has 0 heterocycles. The topological polar surface area (TPSA) is 66.8 Å². The molecule has 26 heavy (non-hydrogen) atoms. The number of rotatable bonds is 8. The maximum Gasteiger partial charge on any atom is 0.346 e. The molecule has 0 aliphatic carbocycles. The molecule has 0 saturated carbocycles. The second kappa shape index (κ2) is 8.78. The van der Waals surface area contributed by atoms with Crippen LogP contribution in [0.5, 0.6) is 0 Å². The number of ketones is 1. The number of hydrogen-bond acceptors (Lipinski definition) is 5. The Morgan fingerprint density at radius 3 is 2.15 bits per heavy atom. The van der Waals surface area contributed by atoms with Crippen LogP contribution in [0.2, 0.25) is 0 Å². The van der Waals surface area contributed by atoms with Crippen LogP contribution in [0.15, 0.2) is 30.3 Å². The number of carbonyl (C=O) groups excluding carboxylic acids is 2. The first-order valence-electron chi connectivity index (χ1n) is 9.14. The van der Waals surface area contributed by atoms with Crippen molar-refractivity contribution >= 4 is 11.8 Å². The van der Waals surface area contributed by atoms with Gasteiger partial charge in [-0.2, -0.15) is 0 Å². The predicted molar refractivity (Wildman–Crippen MR) is 103 cm³/mol. The van der Waals surface area contributed by atoms with Crippen LogP contribution in [-0.4, -0.2) is 46.1 Å². The number of hydrogen-bond donors (Lipinski definition) is 1. The Labute approximate surface area is 157 Å². The molecule has 0 radical (unpaired) electrons. The van der Waals surface area contributed by atoms with E-state index in [-0.39, 0.29) is 5.92 Å². The third-order valence-corrected chi connectivity index (χ3v) is 4.48. The van der Waals surface area contributed by atoms with Gasteiger partial charge in [0.25, 0.3) is 0 Å². The third-order valence-electron chi connectivity index (χ3n) is 4.48. The normalized spacial score (nSPS) is 16.7. The SMILES string of the molecule is CC[C@H](C)[C@@H](C(=O)[C@](C)(O)C(=O)OC(C)(C)C)N(C)Cc1ccccc1. The molecule has 0 spiro atoms. The van der Waals surface area contributed by atoms with Gasteiger partial charge >= 0.3 is 5.97 Å². The molecular weight excluding hydrogens is 330 g/mol. The van der Waals surface area contributed by atoms with Gasteiger partial charge in [-0.15, -0.1) is 0 Å². The summed E-state index contributed by atoms with van der Waals surface area (Å²) in [6, 6.07) is 9.21. The molecule has 0 bridgehead atoms. The summed E-state index contributed by atoms with van der Waals surface area (Å²) in [7, 11) is 1.84. The van der Waals surface area contributed by atoms with Gasteiger partial charge in [-0.3, -0.25) is 9.69 Å². The van der Waals surface area contributed by atoms with Crippen molar-refractivity contribution in [1.29, 1.82) is 0 Å². The van der Waals surface area contributed by atoms with E-state index >= 15 is 0 Å². The molecule has 0 amide bonds. The molecule has 1 N–H and O–H groups in total. The average Bonchev–Trinajstić information content (AvgIpc) is 2.53. The molecule has 0 aliphatic rings. The summed E-state index contributed by atoms with van der Waals surface area (Å²) < 4.78 is 5.26. The van der Waals surface area contributed by atoms with Crippen molar-refractivity contribution in [3.8, 4) is 0 Å². The minimum atomic E-state index is -2.19. The van der Waals surface area contributed by atoms with Crippen molar-refractivity contribution in [2.45, 2.75) is 71.8 Å². The summed E-state index contributed by atoms with van der Waals surface area (Å²) in [5, 5.41) is 10.7. The van der Waals surface area contributed by atoms with E-state index in [1.54, 1.807) is 20.8 Å². The van der Waals surface area contributed by atoms with E-state index in [1.807, 2.05) is 56.1 Å². The van der Waals surface area contributed by atoms with Gasteiger partial charge in [0.1, 0.15) is 5.60 Å². The fraction of sp³-hybridized carbons (Fsp3) is 0.619. The maximum absolute atomic E-state index is 13.1. The van der Waals surface area contributed by atoms with Gasteiger partial charge in [0, 0.05) is 6.54 Å². The minimum absolute atomic E-state index is 0.0230. The second-order valence-electron chi connectivity index (χ2n) is 8.17. The van der Waals surface area contributed by atoms with Crippen molar-refractivity contribution in [3.05, 3.63) is 35.9 Å². The molecule has 1 aromatic carbocycles. The zero-order valence-electron chi connectivity index (χ0n) is 17.1. The number of likely N-dealkylation sites (N-methyl/N-ethyl adjacent to an activating group) is 1. The van der Waals surface area contributed by atoms with Crippen molar-refractivity contribution in [2.75, 3.05) is 7.05 Å². The van der Waals surface area contributed by atoms with Crippen molar-refractivity contribution < 1.29 is 19.4 Å². The first kappa shape index (κ1) is 22.3. The lowest BCUT2D eigenvalue weighted by atomic mass is 9.85. The number of esters is 1. The van der Waals surface area contributed by atoms with E-state index in [0.717, 1.165) is 12.0 Å². The van der Waals surface area contributed by atoms with Crippen LogP contribution in [0.3, 0.4) is 0 Å². The lowest BCUT2D eigenvalue weighted by Gasteiger charge is -2.36. The summed E-state index contributed by atoms with van der Waals surface area (Å²) in [5.74, 6) is -1.46. The predicted octanol–water partition coefficient (Wildman–Crippen LogP) is 3.19. The van der Waals surface area contributed by atoms with E-state index in [1.165, 1.54) is 6.92 Å². The Kier molecular flexibility index (Phi) is 7.54. The zero-order chi connectivity index (χ0) is 20.1. The summed E-state index contributed by atoms with van der Waals surface area (Å²) in [5.41, 5.74) is -1.90. The highest BCUT2D eigenvalue weighted by Crippen LogP contribution is 2.24. The smallest absolute Gasteiger partial charge is 0.346 e. The Hall–Kier alpha value is -1.72. The van der Waals surface area contributed by atoms with Gasteiger partial charge in [0.15, 0.2) is 5.78 Å². The summed E-state index contributed by atoms with van der Waals surface area (Å²) >= 11 is 0. The molecule has 0 unspecified atom stereocenters. The Bertz CT molecular complexity index is 604. The van der Waals surface area contributed by atoms with E-state index in [2.05, 4.69) is 0 Å². The highest BCUT2D eigenvalue weighted by Gasteiger charge is 2.47. The van der Waals surface area contributed by atoms with Gasteiger partial charge in [0.2, 0.25) is 5.60 Å². The van der Waals surface area contributed by atoms with Crippen molar-refractivity contribution in [1.82, 2.24) is 4.90 Å². The first-order valence-corrected chi connectivity index (χ1v) is 9.14. The molecule has 0 aromatic heterocycles. The Morgan fingerprint density at radius 2 is 1.69 bits per heavy atom. The summed E-state index contributed by atoms with van der Waals surface area (Å²) in [6.45, 7) is 10.8. The number of aliphatic hydroxyl groups is 1. The summed E-state index contributed by atoms with van der Waals surface area (Å²) in [6.07, 6.45) is 0.750. The Morgan fingerprint density at radius 1 is 1.15 bits per heavy atom. The van der Waals surface area contributed by atoms with Crippen LogP contribution in [-0.2, 0) is 20.9 Å². The molecule has 0 aliphatic heterocycles. The van der Waals surface area contributed by atoms with Gasteiger partial charge in [-0.25, -0.2) is 4.79 Å². The number of nitrogens with zero attached hydrogens (tertiary/aromatic N) is 1. The number of carbonyl (C=O) groups is 2. The molecule has 1 rings (SSSR count). The fourth-order valence-electron chi connectivity index (χ4n) is 2.85. The molecule has 5 nitrogen and oxygen atoms in total. The monoisotopic (exact) mass is 363 g/mol.